The Hall–Kier alpha value is -3.22. The van der Waals surface area contributed by atoms with E-state index in [1.165, 1.54) is 7.11 Å². The molecule has 7 heteroatoms. The third kappa shape index (κ3) is 2.28. The molecule has 0 atom stereocenters. The van der Waals surface area contributed by atoms with Crippen LogP contribution in [-0.4, -0.2) is 33.7 Å². The fraction of sp³-hybridized carbons (Fsp3) is 0.0667. The van der Waals surface area contributed by atoms with Crippen molar-refractivity contribution in [1.29, 1.82) is 5.41 Å². The van der Waals surface area contributed by atoms with Gasteiger partial charge in [0.25, 0.3) is 0 Å². The Morgan fingerprint density at radius 2 is 2.05 bits per heavy atom. The van der Waals surface area contributed by atoms with Gasteiger partial charge in [-0.2, -0.15) is 0 Å². The van der Waals surface area contributed by atoms with Gasteiger partial charge in [0, 0.05) is 29.2 Å². The maximum absolute atomic E-state index is 11.5. The lowest BCUT2D eigenvalue weighted by Gasteiger charge is -2.07. The SMILES string of the molecule is COC(=O)c1nc2cc(C(=N)c3ccncc3)c(N)cc2[nH]1. The molecule has 0 spiro atoms. The molecule has 22 heavy (non-hydrogen) atoms. The minimum atomic E-state index is -0.555. The van der Waals surface area contributed by atoms with Crippen LogP contribution in [0.25, 0.3) is 11.0 Å². The maximum atomic E-state index is 11.5. The van der Waals surface area contributed by atoms with Crippen molar-refractivity contribution in [2.24, 2.45) is 0 Å². The number of fused-ring (bicyclic) bond motifs is 1. The number of ether oxygens (including phenoxy) is 1. The standard InChI is InChI=1S/C15H13N5O2/c1-22-15(21)14-19-11-6-9(10(16)7-12(11)20-14)13(17)8-2-4-18-5-3-8/h2-7,17H,16H2,1H3,(H,19,20). The molecular formula is C15H13N5O2. The second kappa shape index (κ2) is 5.28. The van der Waals surface area contributed by atoms with E-state index >= 15 is 0 Å². The number of imidazole rings is 1. The molecule has 0 radical (unpaired) electrons. The topological polar surface area (TPSA) is 118 Å². The summed E-state index contributed by atoms with van der Waals surface area (Å²) in [7, 11) is 1.29. The summed E-state index contributed by atoms with van der Waals surface area (Å²) in [6.07, 6.45) is 3.23. The van der Waals surface area contributed by atoms with Crippen molar-refractivity contribution in [3.05, 3.63) is 53.6 Å². The van der Waals surface area contributed by atoms with Crippen molar-refractivity contribution < 1.29 is 9.53 Å². The first-order valence-corrected chi connectivity index (χ1v) is 6.47. The number of anilines is 1. The number of carbonyl (C=O) groups excluding carboxylic acids is 1. The number of nitrogens with two attached hydrogens (primary N) is 1. The van der Waals surface area contributed by atoms with Crippen LogP contribution in [0.1, 0.15) is 21.7 Å². The number of aromatic amines is 1. The van der Waals surface area contributed by atoms with Crippen molar-refractivity contribution in [2.45, 2.75) is 0 Å². The first-order chi connectivity index (χ1) is 10.6. The summed E-state index contributed by atoms with van der Waals surface area (Å²) >= 11 is 0. The number of aromatic nitrogens is 3. The zero-order valence-corrected chi connectivity index (χ0v) is 11.8. The molecule has 0 saturated heterocycles. The van der Waals surface area contributed by atoms with Gasteiger partial charge in [-0.05, 0) is 24.3 Å². The molecule has 2 heterocycles. The molecule has 3 aromatic rings. The first kappa shape index (κ1) is 13.7. The predicted molar refractivity (Wildman–Crippen MR) is 82.0 cm³/mol. The predicted octanol–water partition coefficient (Wildman–Crippen LogP) is 1.74. The zero-order chi connectivity index (χ0) is 15.7. The quantitative estimate of drug-likeness (QED) is 0.386. The van der Waals surface area contributed by atoms with Gasteiger partial charge in [-0.15, -0.1) is 0 Å². The van der Waals surface area contributed by atoms with Crippen molar-refractivity contribution in [2.75, 3.05) is 12.8 Å². The number of nitrogen functional groups attached to an aromatic ring is 1. The third-order valence-electron chi connectivity index (χ3n) is 3.27. The highest BCUT2D eigenvalue weighted by Crippen LogP contribution is 2.23. The van der Waals surface area contributed by atoms with E-state index in [9.17, 15) is 4.79 Å². The smallest absolute Gasteiger partial charge is 0.374 e. The van der Waals surface area contributed by atoms with E-state index in [1.807, 2.05) is 0 Å². The van der Waals surface area contributed by atoms with Crippen LogP contribution in [0.2, 0.25) is 0 Å². The Bertz CT molecular complexity index is 870. The van der Waals surface area contributed by atoms with Crippen molar-refractivity contribution in [3.63, 3.8) is 0 Å². The summed E-state index contributed by atoms with van der Waals surface area (Å²) < 4.78 is 4.63. The first-order valence-electron chi connectivity index (χ1n) is 6.47. The van der Waals surface area contributed by atoms with Crippen molar-refractivity contribution >= 4 is 28.4 Å². The van der Waals surface area contributed by atoms with Gasteiger partial charge in [0.2, 0.25) is 5.82 Å². The number of rotatable bonds is 3. The molecule has 3 rings (SSSR count). The van der Waals surface area contributed by atoms with Crippen LogP contribution in [-0.2, 0) is 4.74 Å². The molecule has 0 aliphatic heterocycles. The van der Waals surface area contributed by atoms with E-state index in [4.69, 9.17) is 11.1 Å². The van der Waals surface area contributed by atoms with Gasteiger partial charge in [0.15, 0.2) is 0 Å². The van der Waals surface area contributed by atoms with Gasteiger partial charge in [-0.1, -0.05) is 0 Å². The van der Waals surface area contributed by atoms with E-state index in [0.717, 1.165) is 0 Å². The van der Waals surface area contributed by atoms with E-state index in [0.29, 0.717) is 27.8 Å². The van der Waals surface area contributed by atoms with Crippen molar-refractivity contribution in [3.8, 4) is 0 Å². The third-order valence-corrected chi connectivity index (χ3v) is 3.27. The van der Waals surface area contributed by atoms with Crippen molar-refractivity contribution in [1.82, 2.24) is 15.0 Å². The molecule has 0 fully saturated rings. The fourth-order valence-electron chi connectivity index (χ4n) is 2.16. The zero-order valence-electron chi connectivity index (χ0n) is 11.8. The molecular weight excluding hydrogens is 282 g/mol. The van der Waals surface area contributed by atoms with E-state index in [-0.39, 0.29) is 11.5 Å². The second-order valence-corrected chi connectivity index (χ2v) is 4.64. The Morgan fingerprint density at radius 3 is 2.73 bits per heavy atom. The average molecular weight is 295 g/mol. The molecule has 4 N–H and O–H groups in total. The van der Waals surface area contributed by atoms with Crippen LogP contribution < -0.4 is 5.73 Å². The summed E-state index contributed by atoms with van der Waals surface area (Å²) in [4.78, 5) is 22.5. The lowest BCUT2D eigenvalue weighted by atomic mass is 10.0. The summed E-state index contributed by atoms with van der Waals surface area (Å²) in [5, 5.41) is 8.28. The number of esters is 1. The molecule has 0 unspecified atom stereocenters. The van der Waals surface area contributed by atoms with Gasteiger partial charge in [-0.25, -0.2) is 9.78 Å². The van der Waals surface area contributed by atoms with Crippen LogP contribution in [0.3, 0.4) is 0 Å². The Labute approximate surface area is 125 Å². The summed E-state index contributed by atoms with van der Waals surface area (Å²) in [6.45, 7) is 0. The van der Waals surface area contributed by atoms with Crippen LogP contribution >= 0.6 is 0 Å². The van der Waals surface area contributed by atoms with E-state index < -0.39 is 5.97 Å². The molecule has 110 valence electrons. The molecule has 0 aliphatic rings. The van der Waals surface area contributed by atoms with Gasteiger partial charge in [0.05, 0.1) is 23.9 Å². The van der Waals surface area contributed by atoms with Gasteiger partial charge < -0.3 is 15.5 Å². The molecule has 0 aliphatic carbocycles. The van der Waals surface area contributed by atoms with Crippen LogP contribution in [0.15, 0.2) is 36.7 Å². The highest BCUT2D eigenvalue weighted by Gasteiger charge is 2.15. The molecule has 7 nitrogen and oxygen atoms in total. The summed E-state index contributed by atoms with van der Waals surface area (Å²) in [5.41, 5.74) is 9.12. The summed E-state index contributed by atoms with van der Waals surface area (Å²) in [6, 6.07) is 6.79. The minimum Gasteiger partial charge on any atom is -0.463 e. The lowest BCUT2D eigenvalue weighted by molar-refractivity contribution is 0.0588. The summed E-state index contributed by atoms with van der Waals surface area (Å²) in [5.74, 6) is -0.454. The Balaban J connectivity index is 2.09. The van der Waals surface area contributed by atoms with Gasteiger partial charge in [0.1, 0.15) is 0 Å². The highest BCUT2D eigenvalue weighted by atomic mass is 16.5. The average Bonchev–Trinajstić information content (AvgIpc) is 2.96. The molecule has 2 aromatic heterocycles. The van der Waals surface area contributed by atoms with Gasteiger partial charge >= 0.3 is 5.97 Å². The minimum absolute atomic E-state index is 0.101. The number of hydrogen-bond acceptors (Lipinski definition) is 6. The number of hydrogen-bond donors (Lipinski definition) is 3. The number of H-pyrrole nitrogens is 1. The van der Waals surface area contributed by atoms with Crippen LogP contribution in [0.4, 0.5) is 5.69 Å². The second-order valence-electron chi connectivity index (χ2n) is 4.64. The van der Waals surface area contributed by atoms with Crippen LogP contribution in [0.5, 0.6) is 0 Å². The number of methoxy groups -OCH3 is 1. The Morgan fingerprint density at radius 1 is 1.32 bits per heavy atom. The number of nitrogens with zero attached hydrogens (tertiary/aromatic N) is 2. The highest BCUT2D eigenvalue weighted by molar-refractivity contribution is 6.15. The largest absolute Gasteiger partial charge is 0.463 e. The number of benzene rings is 1. The van der Waals surface area contributed by atoms with E-state index in [1.54, 1.807) is 36.7 Å². The monoisotopic (exact) mass is 295 g/mol. The fourth-order valence-corrected chi connectivity index (χ4v) is 2.16. The van der Waals surface area contributed by atoms with E-state index in [2.05, 4.69) is 19.7 Å². The number of nitrogens with one attached hydrogen (secondary N) is 2. The molecule has 1 aromatic carbocycles. The van der Waals surface area contributed by atoms with Crippen LogP contribution in [0, 0.1) is 5.41 Å². The normalized spacial score (nSPS) is 10.6. The lowest BCUT2D eigenvalue weighted by Crippen LogP contribution is -2.05. The van der Waals surface area contributed by atoms with Gasteiger partial charge in [-0.3, -0.25) is 10.4 Å². The molecule has 0 amide bonds. The maximum Gasteiger partial charge on any atom is 0.374 e. The molecule has 0 bridgehead atoms. The number of pyridine rings is 1. The molecule has 0 saturated carbocycles. The Kier molecular flexibility index (Phi) is 3.30. The number of carbonyl (C=O) groups is 1.